The molecule has 0 spiro atoms. The van der Waals surface area contributed by atoms with Crippen molar-refractivity contribution in [1.82, 2.24) is 9.38 Å². The van der Waals surface area contributed by atoms with Gasteiger partial charge in [-0.15, -0.1) is 0 Å². The Labute approximate surface area is 136 Å². The van der Waals surface area contributed by atoms with E-state index in [1.54, 1.807) is 24.4 Å². The number of ether oxygens (including phenoxy) is 1. The Morgan fingerprint density at radius 1 is 1.23 bits per heavy atom. The second kappa shape index (κ2) is 5.99. The fourth-order valence-electron chi connectivity index (χ4n) is 2.07. The Morgan fingerprint density at radius 2 is 2.05 bits per heavy atom. The van der Waals surface area contributed by atoms with Gasteiger partial charge in [0.25, 0.3) is 5.56 Å². The minimum atomic E-state index is -0.152. The van der Waals surface area contributed by atoms with Gasteiger partial charge in [0.15, 0.2) is 0 Å². The highest BCUT2D eigenvalue weighted by atomic mass is 35.5. The molecule has 1 aromatic carbocycles. The van der Waals surface area contributed by atoms with Crippen molar-refractivity contribution in [2.45, 2.75) is 13.5 Å². The molecule has 2 aromatic heterocycles. The summed E-state index contributed by atoms with van der Waals surface area (Å²) in [5, 5.41) is 0.763. The van der Waals surface area contributed by atoms with Crippen LogP contribution in [0.2, 0.25) is 10.0 Å². The molecule has 0 radical (unpaired) electrons. The molecule has 3 aromatic rings. The number of hydrogen-bond acceptors (Lipinski definition) is 3. The molecule has 112 valence electrons. The molecule has 0 aliphatic heterocycles. The molecule has 0 aliphatic rings. The van der Waals surface area contributed by atoms with Gasteiger partial charge in [-0.2, -0.15) is 0 Å². The van der Waals surface area contributed by atoms with Crippen LogP contribution in [0.15, 0.2) is 47.4 Å². The molecule has 0 saturated heterocycles. The molecule has 6 heteroatoms. The molecule has 0 fully saturated rings. The maximum Gasteiger partial charge on any atom is 0.258 e. The first-order valence-corrected chi connectivity index (χ1v) is 7.36. The summed E-state index contributed by atoms with van der Waals surface area (Å²) < 4.78 is 7.10. The summed E-state index contributed by atoms with van der Waals surface area (Å²) in [7, 11) is 0. The van der Waals surface area contributed by atoms with Crippen molar-refractivity contribution in [3.63, 3.8) is 0 Å². The average molecular weight is 335 g/mol. The predicted molar refractivity (Wildman–Crippen MR) is 87.0 cm³/mol. The van der Waals surface area contributed by atoms with Crippen molar-refractivity contribution in [2.75, 3.05) is 0 Å². The smallest absolute Gasteiger partial charge is 0.258 e. The van der Waals surface area contributed by atoms with E-state index in [0.717, 1.165) is 5.56 Å². The molecule has 0 unspecified atom stereocenters. The second-order valence-corrected chi connectivity index (χ2v) is 5.64. The molecule has 0 N–H and O–H groups in total. The lowest BCUT2D eigenvalue weighted by Crippen LogP contribution is -2.16. The number of hydrogen-bond donors (Lipinski definition) is 0. The van der Waals surface area contributed by atoms with Gasteiger partial charge in [-0.05, 0) is 36.8 Å². The number of pyridine rings is 1. The van der Waals surface area contributed by atoms with Crippen LogP contribution in [-0.4, -0.2) is 9.38 Å². The summed E-state index contributed by atoms with van der Waals surface area (Å²) in [6.45, 7) is 2.08. The van der Waals surface area contributed by atoms with Gasteiger partial charge < -0.3 is 4.74 Å². The van der Waals surface area contributed by atoms with Crippen LogP contribution in [0.4, 0.5) is 0 Å². The van der Waals surface area contributed by atoms with Crippen LogP contribution in [0, 0.1) is 6.92 Å². The van der Waals surface area contributed by atoms with Crippen LogP contribution < -0.4 is 10.3 Å². The van der Waals surface area contributed by atoms with Crippen molar-refractivity contribution >= 4 is 28.8 Å². The summed E-state index contributed by atoms with van der Waals surface area (Å²) >= 11 is 12.0. The van der Waals surface area contributed by atoms with Crippen LogP contribution in [0.25, 0.3) is 5.65 Å². The molecule has 0 saturated carbocycles. The van der Waals surface area contributed by atoms with Crippen LogP contribution >= 0.6 is 23.2 Å². The Bertz CT molecular complexity index is 906. The lowest BCUT2D eigenvalue weighted by Gasteiger charge is -2.09. The molecule has 3 rings (SSSR count). The van der Waals surface area contributed by atoms with E-state index >= 15 is 0 Å². The summed E-state index contributed by atoms with van der Waals surface area (Å²) in [5.74, 6) is 0.459. The number of benzene rings is 1. The Kier molecular flexibility index (Phi) is 4.05. The Balaban J connectivity index is 1.91. The van der Waals surface area contributed by atoms with Gasteiger partial charge in [0, 0.05) is 12.3 Å². The normalized spacial score (nSPS) is 10.9. The number of nitrogens with zero attached hydrogens (tertiary/aromatic N) is 2. The van der Waals surface area contributed by atoms with Crippen LogP contribution in [-0.2, 0) is 6.61 Å². The fourth-order valence-corrected chi connectivity index (χ4v) is 2.42. The second-order valence-electron chi connectivity index (χ2n) is 4.86. The van der Waals surface area contributed by atoms with E-state index in [4.69, 9.17) is 27.9 Å². The topological polar surface area (TPSA) is 43.6 Å². The minimum absolute atomic E-state index is 0.139. The minimum Gasteiger partial charge on any atom is -0.486 e. The van der Waals surface area contributed by atoms with Crippen molar-refractivity contribution < 1.29 is 4.74 Å². The lowest BCUT2D eigenvalue weighted by molar-refractivity contribution is 0.301. The average Bonchev–Trinajstić information content (AvgIpc) is 2.48. The fraction of sp³-hybridized carbons (Fsp3) is 0.125. The zero-order chi connectivity index (χ0) is 15.7. The van der Waals surface area contributed by atoms with Gasteiger partial charge in [-0.1, -0.05) is 29.3 Å². The van der Waals surface area contributed by atoms with Crippen LogP contribution in [0.3, 0.4) is 0 Å². The third kappa shape index (κ3) is 2.93. The van der Waals surface area contributed by atoms with E-state index in [2.05, 4.69) is 4.98 Å². The van der Waals surface area contributed by atoms with E-state index in [-0.39, 0.29) is 12.2 Å². The molecular formula is C16H12Cl2N2O2. The largest absolute Gasteiger partial charge is 0.486 e. The van der Waals surface area contributed by atoms with Crippen LogP contribution in [0.1, 0.15) is 11.3 Å². The van der Waals surface area contributed by atoms with E-state index in [1.165, 1.54) is 10.5 Å². The molecule has 4 nitrogen and oxygen atoms in total. The number of fused-ring (bicyclic) bond motifs is 1. The highest BCUT2D eigenvalue weighted by Gasteiger charge is 2.07. The summed E-state index contributed by atoms with van der Waals surface area (Å²) in [4.78, 5) is 16.5. The van der Waals surface area contributed by atoms with Crippen molar-refractivity contribution in [1.29, 1.82) is 0 Å². The van der Waals surface area contributed by atoms with Crippen molar-refractivity contribution in [3.05, 3.63) is 74.3 Å². The number of halogens is 2. The first-order chi connectivity index (χ1) is 10.5. The SMILES string of the molecule is Cc1ccn2c(=O)cc(COc3cccc(Cl)c3Cl)nc2c1. The van der Waals surface area contributed by atoms with Crippen molar-refractivity contribution in [2.24, 2.45) is 0 Å². The highest BCUT2D eigenvalue weighted by Crippen LogP contribution is 2.31. The van der Waals surface area contributed by atoms with E-state index in [1.807, 2.05) is 19.1 Å². The summed E-state index contributed by atoms with van der Waals surface area (Å²) in [6.07, 6.45) is 1.71. The van der Waals surface area contributed by atoms with E-state index in [0.29, 0.717) is 27.1 Å². The first-order valence-electron chi connectivity index (χ1n) is 6.60. The Morgan fingerprint density at radius 3 is 2.86 bits per heavy atom. The maximum atomic E-state index is 12.1. The molecule has 0 bridgehead atoms. The zero-order valence-corrected chi connectivity index (χ0v) is 13.2. The van der Waals surface area contributed by atoms with E-state index in [9.17, 15) is 4.79 Å². The molecule has 22 heavy (non-hydrogen) atoms. The maximum absolute atomic E-state index is 12.1. The molecule has 0 aliphatic carbocycles. The summed E-state index contributed by atoms with van der Waals surface area (Å²) in [6, 6.07) is 10.3. The molecule has 0 atom stereocenters. The highest BCUT2D eigenvalue weighted by molar-refractivity contribution is 6.42. The number of rotatable bonds is 3. The predicted octanol–water partition coefficient (Wildman–Crippen LogP) is 3.89. The van der Waals surface area contributed by atoms with Gasteiger partial charge in [0.1, 0.15) is 23.0 Å². The summed E-state index contributed by atoms with van der Waals surface area (Å²) in [5.41, 5.74) is 2.00. The Hall–Kier alpha value is -2.04. The number of aryl methyl sites for hydroxylation is 1. The molecule has 2 heterocycles. The lowest BCUT2D eigenvalue weighted by atomic mass is 10.3. The quantitative estimate of drug-likeness (QED) is 0.729. The van der Waals surface area contributed by atoms with Crippen molar-refractivity contribution in [3.8, 4) is 5.75 Å². The van der Waals surface area contributed by atoms with Gasteiger partial charge in [0.05, 0.1) is 10.7 Å². The van der Waals surface area contributed by atoms with Gasteiger partial charge in [-0.25, -0.2) is 4.98 Å². The van der Waals surface area contributed by atoms with Gasteiger partial charge >= 0.3 is 0 Å². The monoisotopic (exact) mass is 334 g/mol. The molecular weight excluding hydrogens is 323 g/mol. The van der Waals surface area contributed by atoms with Crippen LogP contribution in [0.5, 0.6) is 5.75 Å². The third-order valence-corrected chi connectivity index (χ3v) is 3.97. The standard InChI is InChI=1S/C16H12Cl2N2O2/c1-10-5-6-20-14(7-10)19-11(8-15(20)21)9-22-13-4-2-3-12(17)16(13)18/h2-8H,9H2,1H3. The van der Waals surface area contributed by atoms with Gasteiger partial charge in [0.2, 0.25) is 0 Å². The number of aromatic nitrogens is 2. The zero-order valence-electron chi connectivity index (χ0n) is 11.7. The molecule has 0 amide bonds. The van der Waals surface area contributed by atoms with E-state index < -0.39 is 0 Å². The first kappa shape index (κ1) is 14.9. The third-order valence-electron chi connectivity index (χ3n) is 3.17. The van der Waals surface area contributed by atoms with Gasteiger partial charge in [-0.3, -0.25) is 9.20 Å².